The lowest BCUT2D eigenvalue weighted by atomic mass is 9.86. The van der Waals surface area contributed by atoms with Gasteiger partial charge in [-0.05, 0) is 48.3 Å². The highest BCUT2D eigenvalue weighted by molar-refractivity contribution is 7.13. The van der Waals surface area contributed by atoms with Crippen LogP contribution in [0, 0.1) is 0 Å². The van der Waals surface area contributed by atoms with E-state index in [9.17, 15) is 4.79 Å². The lowest BCUT2D eigenvalue weighted by Gasteiger charge is -2.19. The first kappa shape index (κ1) is 16.0. The van der Waals surface area contributed by atoms with Crippen molar-refractivity contribution in [1.29, 1.82) is 0 Å². The largest absolute Gasteiger partial charge is 0.497 e. The van der Waals surface area contributed by atoms with E-state index in [0.717, 1.165) is 44.9 Å². The number of hydrogen-bond donors (Lipinski definition) is 1. The molecule has 1 aromatic heterocycles. The number of carbonyl (C=O) groups excluding carboxylic acids is 1. The van der Waals surface area contributed by atoms with Crippen LogP contribution >= 0.6 is 11.5 Å². The summed E-state index contributed by atoms with van der Waals surface area (Å²) in [5, 5.41) is 4.38. The molecule has 2 aromatic carbocycles. The predicted octanol–water partition coefficient (Wildman–Crippen LogP) is 5.29. The maximum atomic E-state index is 13.3. The summed E-state index contributed by atoms with van der Waals surface area (Å²) in [5.74, 6) is 0.870. The highest BCUT2D eigenvalue weighted by atomic mass is 32.1. The lowest BCUT2D eigenvalue weighted by Crippen LogP contribution is -2.12. The van der Waals surface area contributed by atoms with Crippen molar-refractivity contribution >= 4 is 33.1 Å². The predicted molar refractivity (Wildman–Crippen MR) is 109 cm³/mol. The molecule has 0 fully saturated rings. The molecule has 0 unspecified atom stereocenters. The van der Waals surface area contributed by atoms with Crippen LogP contribution in [0.1, 0.15) is 22.3 Å². The Morgan fingerprint density at radius 1 is 1.07 bits per heavy atom. The number of methoxy groups -OCH3 is 1. The standard InChI is InChI=1S/C22H16N2O2S/c1-26-14-6-4-5-13(9-10-14)23-17-11-12-18-20-19(17)22(25)16-8-3-2-7-15(16)21(20)24-27-18/h2-3,5-12,23H,4H2,1H3. The van der Waals surface area contributed by atoms with Crippen LogP contribution in [0.4, 0.5) is 5.69 Å². The number of fused-ring (bicyclic) bond motifs is 2. The Labute approximate surface area is 160 Å². The van der Waals surface area contributed by atoms with Crippen LogP contribution in [0.15, 0.2) is 72.2 Å². The van der Waals surface area contributed by atoms with Crippen molar-refractivity contribution in [3.05, 3.63) is 83.3 Å². The second kappa shape index (κ2) is 6.21. The molecule has 2 aliphatic rings. The Bertz CT molecular complexity index is 1180. The molecule has 0 atom stereocenters. The van der Waals surface area contributed by atoms with Crippen molar-refractivity contribution < 1.29 is 9.53 Å². The van der Waals surface area contributed by atoms with Crippen LogP contribution < -0.4 is 5.32 Å². The van der Waals surface area contributed by atoms with Crippen LogP contribution in [0.3, 0.4) is 0 Å². The third-order valence-electron chi connectivity index (χ3n) is 4.89. The summed E-state index contributed by atoms with van der Waals surface area (Å²) in [6.45, 7) is 0. The Hall–Kier alpha value is -3.18. The lowest BCUT2D eigenvalue weighted by molar-refractivity contribution is 0.104. The Morgan fingerprint density at radius 2 is 1.93 bits per heavy atom. The average molecular weight is 372 g/mol. The van der Waals surface area contributed by atoms with Crippen LogP contribution in [-0.4, -0.2) is 17.3 Å². The highest BCUT2D eigenvalue weighted by Gasteiger charge is 2.29. The van der Waals surface area contributed by atoms with Gasteiger partial charge >= 0.3 is 0 Å². The normalized spacial score (nSPS) is 15.1. The summed E-state index contributed by atoms with van der Waals surface area (Å²) in [6.07, 6.45) is 8.74. The molecular weight excluding hydrogens is 356 g/mol. The van der Waals surface area contributed by atoms with Crippen molar-refractivity contribution in [1.82, 2.24) is 4.37 Å². The summed E-state index contributed by atoms with van der Waals surface area (Å²) >= 11 is 1.44. The van der Waals surface area contributed by atoms with Gasteiger partial charge in [-0.15, -0.1) is 0 Å². The molecule has 3 aromatic rings. The fraction of sp³-hybridized carbons (Fsp3) is 0.0909. The first-order valence-corrected chi connectivity index (χ1v) is 9.49. The number of carbonyl (C=O) groups is 1. The zero-order valence-corrected chi connectivity index (χ0v) is 15.5. The number of rotatable bonds is 3. The van der Waals surface area contributed by atoms with Crippen molar-refractivity contribution in [2.24, 2.45) is 0 Å². The zero-order chi connectivity index (χ0) is 18.4. The SMILES string of the molecule is COC1=CCC=C(Nc2ccc3snc4c3c2C(=O)c2ccccc2-4)C=C1. The topological polar surface area (TPSA) is 51.2 Å². The third kappa shape index (κ3) is 2.51. The second-order valence-electron chi connectivity index (χ2n) is 6.43. The van der Waals surface area contributed by atoms with E-state index < -0.39 is 0 Å². The maximum Gasteiger partial charge on any atom is 0.196 e. The van der Waals surface area contributed by atoms with Gasteiger partial charge in [0.2, 0.25) is 0 Å². The molecular formula is C22H16N2O2S. The summed E-state index contributed by atoms with van der Waals surface area (Å²) in [5.41, 5.74) is 4.97. The molecule has 27 heavy (non-hydrogen) atoms. The van der Waals surface area contributed by atoms with Crippen LogP contribution in [-0.2, 0) is 4.74 Å². The van der Waals surface area contributed by atoms with Gasteiger partial charge < -0.3 is 10.1 Å². The van der Waals surface area contributed by atoms with E-state index >= 15 is 0 Å². The number of nitrogens with one attached hydrogen (secondary N) is 1. The monoisotopic (exact) mass is 372 g/mol. The number of nitrogens with zero attached hydrogens (tertiary/aromatic N) is 1. The second-order valence-corrected chi connectivity index (χ2v) is 7.24. The summed E-state index contributed by atoms with van der Waals surface area (Å²) in [6, 6.07) is 11.7. The van der Waals surface area contributed by atoms with E-state index in [1.807, 2.05) is 54.6 Å². The van der Waals surface area contributed by atoms with Gasteiger partial charge in [-0.25, -0.2) is 0 Å². The van der Waals surface area contributed by atoms with Crippen LogP contribution in [0.2, 0.25) is 0 Å². The van der Waals surface area contributed by atoms with Crippen LogP contribution in [0.25, 0.3) is 21.3 Å². The van der Waals surface area contributed by atoms with E-state index in [4.69, 9.17) is 4.74 Å². The van der Waals surface area contributed by atoms with E-state index in [0.29, 0.717) is 11.1 Å². The van der Waals surface area contributed by atoms with E-state index in [-0.39, 0.29) is 5.78 Å². The number of anilines is 1. The van der Waals surface area contributed by atoms with Gasteiger partial charge in [0, 0.05) is 22.2 Å². The summed E-state index contributed by atoms with van der Waals surface area (Å²) < 4.78 is 11.0. The van der Waals surface area contributed by atoms with Gasteiger partial charge in [-0.1, -0.05) is 30.3 Å². The molecule has 0 saturated heterocycles. The van der Waals surface area contributed by atoms with Gasteiger partial charge in [0.25, 0.3) is 0 Å². The average Bonchev–Trinajstić information content (AvgIpc) is 3.00. The molecule has 2 aliphatic carbocycles. The molecule has 0 aliphatic heterocycles. The minimum absolute atomic E-state index is 0.0420. The number of ether oxygens (including phenoxy) is 1. The van der Waals surface area contributed by atoms with Crippen molar-refractivity contribution in [2.75, 3.05) is 12.4 Å². The minimum Gasteiger partial charge on any atom is -0.497 e. The molecule has 1 heterocycles. The number of aromatic nitrogens is 1. The quantitative estimate of drug-likeness (QED) is 0.531. The molecule has 1 N–H and O–H groups in total. The minimum atomic E-state index is 0.0420. The smallest absolute Gasteiger partial charge is 0.196 e. The molecule has 132 valence electrons. The molecule has 0 spiro atoms. The Balaban J connectivity index is 1.64. The fourth-order valence-electron chi connectivity index (χ4n) is 3.59. The summed E-state index contributed by atoms with van der Waals surface area (Å²) in [7, 11) is 1.66. The third-order valence-corrected chi connectivity index (χ3v) is 5.70. The molecule has 0 saturated carbocycles. The number of benzene rings is 2. The Kier molecular flexibility index (Phi) is 3.69. The highest BCUT2D eigenvalue weighted by Crippen LogP contribution is 2.43. The molecule has 4 nitrogen and oxygen atoms in total. The number of hydrogen-bond acceptors (Lipinski definition) is 5. The van der Waals surface area contributed by atoms with E-state index in [1.165, 1.54) is 11.5 Å². The zero-order valence-electron chi connectivity index (χ0n) is 14.7. The van der Waals surface area contributed by atoms with E-state index in [1.54, 1.807) is 7.11 Å². The van der Waals surface area contributed by atoms with Gasteiger partial charge in [-0.3, -0.25) is 4.79 Å². The number of allylic oxidation sites excluding steroid dienone is 4. The van der Waals surface area contributed by atoms with Gasteiger partial charge in [0.05, 0.1) is 28.8 Å². The first-order valence-electron chi connectivity index (χ1n) is 8.72. The molecule has 0 amide bonds. The van der Waals surface area contributed by atoms with Crippen molar-refractivity contribution in [3.8, 4) is 11.3 Å². The van der Waals surface area contributed by atoms with Gasteiger partial charge in [0.15, 0.2) is 5.78 Å². The van der Waals surface area contributed by atoms with Crippen LogP contribution in [0.5, 0.6) is 0 Å². The van der Waals surface area contributed by atoms with Gasteiger partial charge in [-0.2, -0.15) is 4.37 Å². The summed E-state index contributed by atoms with van der Waals surface area (Å²) in [4.78, 5) is 13.3. The molecule has 0 radical (unpaired) electrons. The maximum absolute atomic E-state index is 13.3. The fourth-order valence-corrected chi connectivity index (χ4v) is 4.39. The first-order chi connectivity index (χ1) is 13.3. The van der Waals surface area contributed by atoms with Gasteiger partial charge in [0.1, 0.15) is 5.76 Å². The van der Waals surface area contributed by atoms with Crippen molar-refractivity contribution in [2.45, 2.75) is 6.42 Å². The molecule has 5 heteroatoms. The molecule has 5 rings (SSSR count). The molecule has 0 bridgehead atoms. The number of ketones is 1. The van der Waals surface area contributed by atoms with E-state index in [2.05, 4.69) is 15.8 Å². The Morgan fingerprint density at radius 3 is 2.78 bits per heavy atom. The van der Waals surface area contributed by atoms with Crippen molar-refractivity contribution in [3.63, 3.8) is 0 Å².